The van der Waals surface area contributed by atoms with E-state index in [0.29, 0.717) is 5.92 Å². The van der Waals surface area contributed by atoms with Crippen molar-refractivity contribution in [2.45, 2.75) is 12.3 Å². The van der Waals surface area contributed by atoms with E-state index in [4.69, 9.17) is 4.74 Å². The molecule has 74 valence electrons. The number of para-hydroxylation sites is 1. The van der Waals surface area contributed by atoms with E-state index in [1.807, 2.05) is 30.4 Å². The lowest BCUT2D eigenvalue weighted by atomic mass is 9.95. The van der Waals surface area contributed by atoms with Crippen molar-refractivity contribution in [1.82, 2.24) is 0 Å². The van der Waals surface area contributed by atoms with Crippen LogP contribution in [0.2, 0.25) is 0 Å². The number of allylic oxidation sites excluding steroid dienone is 2. The highest BCUT2D eigenvalue weighted by Gasteiger charge is 2.10. The van der Waals surface area contributed by atoms with Crippen LogP contribution in [0.4, 0.5) is 0 Å². The molecule has 0 fully saturated rings. The molecule has 14 heavy (non-hydrogen) atoms. The maximum Gasteiger partial charge on any atom is 0.122 e. The first-order valence-corrected chi connectivity index (χ1v) is 4.69. The molecule has 0 bridgehead atoms. The molecule has 0 N–H and O–H groups in total. The Morgan fingerprint density at radius 1 is 1.36 bits per heavy atom. The molecule has 0 aliphatic carbocycles. The second-order valence-electron chi connectivity index (χ2n) is 3.11. The smallest absolute Gasteiger partial charge is 0.122 e. The molecule has 1 nitrogen and oxygen atoms in total. The number of hydrogen-bond donors (Lipinski definition) is 0. The number of hydrogen-bond acceptors (Lipinski definition) is 1. The van der Waals surface area contributed by atoms with E-state index in [1.54, 1.807) is 7.11 Å². The van der Waals surface area contributed by atoms with Gasteiger partial charge in [-0.05, 0) is 12.5 Å². The Balaban J connectivity index is 3.01. The normalized spacial score (nSPS) is 11.8. The molecule has 1 heteroatoms. The molecule has 1 atom stereocenters. The van der Waals surface area contributed by atoms with Gasteiger partial charge in [-0.25, -0.2) is 0 Å². The molecular weight excluding hydrogens is 172 g/mol. The van der Waals surface area contributed by atoms with Gasteiger partial charge in [0.1, 0.15) is 5.75 Å². The van der Waals surface area contributed by atoms with Crippen molar-refractivity contribution in [3.8, 4) is 5.75 Å². The molecule has 0 aromatic heterocycles. The van der Waals surface area contributed by atoms with Gasteiger partial charge < -0.3 is 4.74 Å². The summed E-state index contributed by atoms with van der Waals surface area (Å²) in [5, 5.41) is 0. The third-order valence-corrected chi connectivity index (χ3v) is 2.24. The SMILES string of the molecule is C=CC[C@@H](C=C)c1ccccc1OC. The Labute approximate surface area is 85.7 Å². The molecule has 0 radical (unpaired) electrons. The molecule has 0 aliphatic heterocycles. The highest BCUT2D eigenvalue weighted by molar-refractivity contribution is 5.38. The van der Waals surface area contributed by atoms with Crippen LogP contribution in [0.25, 0.3) is 0 Å². The van der Waals surface area contributed by atoms with Crippen molar-refractivity contribution in [3.63, 3.8) is 0 Å². The lowest BCUT2D eigenvalue weighted by Gasteiger charge is -2.14. The summed E-state index contributed by atoms with van der Waals surface area (Å²) in [6.45, 7) is 7.57. The topological polar surface area (TPSA) is 9.23 Å². The summed E-state index contributed by atoms with van der Waals surface area (Å²) in [6.07, 6.45) is 4.72. The minimum Gasteiger partial charge on any atom is -0.496 e. The van der Waals surface area contributed by atoms with Crippen LogP contribution in [0.5, 0.6) is 5.75 Å². The largest absolute Gasteiger partial charge is 0.496 e. The minimum absolute atomic E-state index is 0.295. The van der Waals surface area contributed by atoms with Crippen molar-refractivity contribution in [2.24, 2.45) is 0 Å². The minimum atomic E-state index is 0.295. The first-order chi connectivity index (χ1) is 6.83. The highest BCUT2D eigenvalue weighted by Crippen LogP contribution is 2.29. The van der Waals surface area contributed by atoms with E-state index in [-0.39, 0.29) is 0 Å². The maximum atomic E-state index is 5.29. The van der Waals surface area contributed by atoms with Crippen molar-refractivity contribution >= 4 is 0 Å². The van der Waals surface area contributed by atoms with Gasteiger partial charge in [-0.2, -0.15) is 0 Å². The average Bonchev–Trinajstić information content (AvgIpc) is 2.26. The van der Waals surface area contributed by atoms with Crippen LogP contribution in [0.3, 0.4) is 0 Å². The van der Waals surface area contributed by atoms with Gasteiger partial charge in [-0.1, -0.05) is 30.4 Å². The molecule has 0 unspecified atom stereocenters. The van der Waals surface area contributed by atoms with Crippen molar-refractivity contribution in [3.05, 3.63) is 55.1 Å². The molecule has 1 aromatic rings. The molecule has 0 spiro atoms. The summed E-state index contributed by atoms with van der Waals surface area (Å²) in [4.78, 5) is 0. The molecule has 0 saturated heterocycles. The summed E-state index contributed by atoms with van der Waals surface area (Å²) >= 11 is 0. The zero-order valence-electron chi connectivity index (χ0n) is 8.57. The van der Waals surface area contributed by atoms with Crippen LogP contribution in [0, 0.1) is 0 Å². The van der Waals surface area contributed by atoms with Gasteiger partial charge in [0.25, 0.3) is 0 Å². The molecule has 1 aromatic carbocycles. The van der Waals surface area contributed by atoms with Crippen LogP contribution in [-0.4, -0.2) is 7.11 Å². The molecular formula is C13H16O. The van der Waals surface area contributed by atoms with Gasteiger partial charge >= 0.3 is 0 Å². The zero-order chi connectivity index (χ0) is 10.4. The van der Waals surface area contributed by atoms with Crippen LogP contribution < -0.4 is 4.74 Å². The summed E-state index contributed by atoms with van der Waals surface area (Å²) in [5.74, 6) is 1.21. The lowest BCUT2D eigenvalue weighted by Crippen LogP contribution is -1.97. The average molecular weight is 188 g/mol. The second-order valence-corrected chi connectivity index (χ2v) is 3.11. The standard InChI is InChI=1S/C13H16O/c1-4-8-11(5-2)12-9-6-7-10-13(12)14-3/h4-7,9-11H,1-2,8H2,3H3/t11-/m1/s1. The molecule has 0 heterocycles. The summed E-state index contributed by atoms with van der Waals surface area (Å²) in [5.41, 5.74) is 1.17. The fourth-order valence-corrected chi connectivity index (χ4v) is 1.50. The summed E-state index contributed by atoms with van der Waals surface area (Å²) in [6, 6.07) is 8.01. The predicted molar refractivity (Wildman–Crippen MR) is 60.7 cm³/mol. The van der Waals surface area contributed by atoms with Gasteiger partial charge in [-0.15, -0.1) is 13.2 Å². The Morgan fingerprint density at radius 2 is 2.07 bits per heavy atom. The first kappa shape index (κ1) is 10.6. The molecule has 0 amide bonds. The van der Waals surface area contributed by atoms with Crippen LogP contribution in [0.15, 0.2) is 49.6 Å². The second kappa shape index (κ2) is 5.28. The summed E-state index contributed by atoms with van der Waals surface area (Å²) < 4.78 is 5.29. The Kier molecular flexibility index (Phi) is 3.99. The van der Waals surface area contributed by atoms with Crippen LogP contribution in [0.1, 0.15) is 17.9 Å². The molecule has 1 rings (SSSR count). The monoisotopic (exact) mass is 188 g/mol. The van der Waals surface area contributed by atoms with E-state index in [1.165, 1.54) is 5.56 Å². The van der Waals surface area contributed by atoms with Crippen molar-refractivity contribution < 1.29 is 4.74 Å². The van der Waals surface area contributed by atoms with Gasteiger partial charge in [0, 0.05) is 11.5 Å². The quantitative estimate of drug-likeness (QED) is 0.642. The fraction of sp³-hybridized carbons (Fsp3) is 0.231. The fourth-order valence-electron chi connectivity index (χ4n) is 1.50. The van der Waals surface area contributed by atoms with Crippen molar-refractivity contribution in [1.29, 1.82) is 0 Å². The zero-order valence-corrected chi connectivity index (χ0v) is 8.57. The molecule has 0 aliphatic rings. The van der Waals surface area contributed by atoms with Crippen LogP contribution >= 0.6 is 0 Å². The Hall–Kier alpha value is -1.50. The first-order valence-electron chi connectivity index (χ1n) is 4.69. The highest BCUT2D eigenvalue weighted by atomic mass is 16.5. The molecule has 0 saturated carbocycles. The summed E-state index contributed by atoms with van der Waals surface area (Å²) in [7, 11) is 1.69. The third-order valence-electron chi connectivity index (χ3n) is 2.24. The third kappa shape index (κ3) is 2.25. The van der Waals surface area contributed by atoms with Crippen molar-refractivity contribution in [2.75, 3.05) is 7.11 Å². The number of rotatable bonds is 5. The predicted octanol–water partition coefficient (Wildman–Crippen LogP) is 3.54. The maximum absolute atomic E-state index is 5.29. The number of methoxy groups -OCH3 is 1. The van der Waals surface area contributed by atoms with E-state index >= 15 is 0 Å². The van der Waals surface area contributed by atoms with E-state index in [0.717, 1.165) is 12.2 Å². The van der Waals surface area contributed by atoms with E-state index in [9.17, 15) is 0 Å². The van der Waals surface area contributed by atoms with Gasteiger partial charge in [-0.3, -0.25) is 0 Å². The lowest BCUT2D eigenvalue weighted by molar-refractivity contribution is 0.408. The Bertz CT molecular complexity index is 315. The number of ether oxygens (including phenoxy) is 1. The van der Waals surface area contributed by atoms with Gasteiger partial charge in [0.2, 0.25) is 0 Å². The van der Waals surface area contributed by atoms with Gasteiger partial charge in [0.05, 0.1) is 7.11 Å². The Morgan fingerprint density at radius 3 is 2.64 bits per heavy atom. The van der Waals surface area contributed by atoms with Crippen LogP contribution in [-0.2, 0) is 0 Å². The van der Waals surface area contributed by atoms with E-state index in [2.05, 4.69) is 19.2 Å². The van der Waals surface area contributed by atoms with Gasteiger partial charge in [0.15, 0.2) is 0 Å². The van der Waals surface area contributed by atoms with E-state index < -0.39 is 0 Å². The number of benzene rings is 1.